The second-order valence-electron chi connectivity index (χ2n) is 3.24. The highest BCUT2D eigenvalue weighted by molar-refractivity contribution is 9.09. The molecular formula is C9H17BrO2. The number of carbonyl (C=O) groups is 1. The van der Waals surface area contributed by atoms with Crippen LogP contribution in [0.4, 0.5) is 0 Å². The molecule has 1 unspecified atom stereocenters. The Hall–Kier alpha value is -0.0500. The van der Waals surface area contributed by atoms with Crippen molar-refractivity contribution in [2.75, 3.05) is 5.33 Å². The third kappa shape index (κ3) is 8.05. The summed E-state index contributed by atoms with van der Waals surface area (Å²) < 4.78 is 0. The van der Waals surface area contributed by atoms with Crippen LogP contribution in [0.2, 0.25) is 0 Å². The first-order valence-electron chi connectivity index (χ1n) is 4.44. The normalized spacial score (nSPS) is 12.8. The van der Waals surface area contributed by atoms with Crippen molar-refractivity contribution in [1.29, 1.82) is 0 Å². The van der Waals surface area contributed by atoms with Crippen molar-refractivity contribution in [2.45, 2.75) is 39.0 Å². The molecule has 0 aliphatic carbocycles. The van der Waals surface area contributed by atoms with Gasteiger partial charge in [0, 0.05) is 11.8 Å². The number of unbranched alkanes of at least 4 members (excludes halogenated alkanes) is 2. The van der Waals surface area contributed by atoms with Gasteiger partial charge in [0.05, 0.1) is 0 Å². The second-order valence-corrected chi connectivity index (χ2v) is 4.03. The number of hydrogen-bond acceptors (Lipinski definition) is 1. The van der Waals surface area contributed by atoms with E-state index in [0.717, 1.165) is 18.2 Å². The van der Waals surface area contributed by atoms with Crippen molar-refractivity contribution >= 4 is 21.9 Å². The zero-order valence-electron chi connectivity index (χ0n) is 7.55. The zero-order valence-corrected chi connectivity index (χ0v) is 9.14. The minimum atomic E-state index is -0.678. The predicted molar refractivity (Wildman–Crippen MR) is 53.7 cm³/mol. The summed E-state index contributed by atoms with van der Waals surface area (Å²) in [5, 5.41) is 9.53. The van der Waals surface area contributed by atoms with E-state index in [1.54, 1.807) is 0 Å². The third-order valence-corrected chi connectivity index (χ3v) is 2.41. The van der Waals surface area contributed by atoms with E-state index in [-0.39, 0.29) is 0 Å². The highest BCUT2D eigenvalue weighted by Crippen LogP contribution is 2.13. The highest BCUT2D eigenvalue weighted by Gasteiger charge is 2.06. The van der Waals surface area contributed by atoms with Crippen molar-refractivity contribution in [2.24, 2.45) is 5.92 Å². The lowest BCUT2D eigenvalue weighted by Gasteiger charge is -2.06. The van der Waals surface area contributed by atoms with Gasteiger partial charge in [-0.05, 0) is 12.3 Å². The van der Waals surface area contributed by atoms with Gasteiger partial charge in [0.25, 0.3) is 0 Å². The Morgan fingerprint density at radius 2 is 2.08 bits per heavy atom. The van der Waals surface area contributed by atoms with Crippen molar-refractivity contribution in [3.63, 3.8) is 0 Å². The summed E-state index contributed by atoms with van der Waals surface area (Å²) in [6, 6.07) is 0. The largest absolute Gasteiger partial charge is 0.481 e. The molecule has 0 aromatic rings. The van der Waals surface area contributed by atoms with Crippen molar-refractivity contribution < 1.29 is 9.90 Å². The highest BCUT2D eigenvalue weighted by atomic mass is 79.9. The molecular weight excluding hydrogens is 220 g/mol. The number of rotatable bonds is 7. The molecule has 0 aromatic heterocycles. The minimum Gasteiger partial charge on any atom is -0.481 e. The average Bonchev–Trinajstić information content (AvgIpc) is 1.97. The molecule has 0 spiro atoms. The lowest BCUT2D eigenvalue weighted by atomic mass is 10.0. The maximum atomic E-state index is 10.3. The lowest BCUT2D eigenvalue weighted by molar-refractivity contribution is -0.138. The van der Waals surface area contributed by atoms with Crippen molar-refractivity contribution in [3.8, 4) is 0 Å². The van der Waals surface area contributed by atoms with Crippen LogP contribution in [0.5, 0.6) is 0 Å². The molecule has 3 heteroatoms. The molecule has 1 atom stereocenters. The molecule has 2 nitrogen and oxygen atoms in total. The lowest BCUT2D eigenvalue weighted by Crippen LogP contribution is -2.03. The third-order valence-electron chi connectivity index (χ3n) is 1.85. The first-order valence-corrected chi connectivity index (χ1v) is 5.56. The molecule has 12 heavy (non-hydrogen) atoms. The van der Waals surface area contributed by atoms with Gasteiger partial charge in [0.1, 0.15) is 0 Å². The van der Waals surface area contributed by atoms with Crippen LogP contribution < -0.4 is 0 Å². The number of alkyl halides is 1. The molecule has 0 aromatic carbocycles. The Kier molecular flexibility index (Phi) is 7.56. The summed E-state index contributed by atoms with van der Waals surface area (Å²) in [4.78, 5) is 10.3. The Morgan fingerprint density at radius 1 is 1.42 bits per heavy atom. The Labute approximate surface area is 82.5 Å². The molecule has 0 aliphatic rings. The average molecular weight is 237 g/mol. The molecule has 0 saturated heterocycles. The van der Waals surface area contributed by atoms with Crippen LogP contribution in [0.25, 0.3) is 0 Å². The summed E-state index contributed by atoms with van der Waals surface area (Å²) in [6.45, 7) is 2.00. The quantitative estimate of drug-likeness (QED) is 0.545. The predicted octanol–water partition coefficient (Wildman–Crippen LogP) is 3.05. The monoisotopic (exact) mass is 236 g/mol. The number of hydrogen-bond donors (Lipinski definition) is 1. The SMILES string of the molecule is CC(CCCCCBr)CC(=O)O. The van der Waals surface area contributed by atoms with E-state index in [9.17, 15) is 4.79 Å². The van der Waals surface area contributed by atoms with E-state index >= 15 is 0 Å². The van der Waals surface area contributed by atoms with Crippen molar-refractivity contribution in [1.82, 2.24) is 0 Å². The van der Waals surface area contributed by atoms with Crippen LogP contribution in [-0.2, 0) is 4.79 Å². The van der Waals surface area contributed by atoms with Gasteiger partial charge in [0.15, 0.2) is 0 Å². The molecule has 0 radical (unpaired) electrons. The van der Waals surface area contributed by atoms with Crippen LogP contribution in [0.15, 0.2) is 0 Å². The first kappa shape index (κ1) is 11.9. The van der Waals surface area contributed by atoms with Crippen LogP contribution >= 0.6 is 15.9 Å². The zero-order chi connectivity index (χ0) is 9.40. The van der Waals surface area contributed by atoms with Gasteiger partial charge >= 0.3 is 5.97 Å². The number of halogens is 1. The van der Waals surface area contributed by atoms with E-state index in [4.69, 9.17) is 5.11 Å². The Balaban J connectivity index is 3.19. The summed E-state index contributed by atoms with van der Waals surface area (Å²) >= 11 is 3.36. The Morgan fingerprint density at radius 3 is 2.58 bits per heavy atom. The van der Waals surface area contributed by atoms with E-state index in [1.807, 2.05) is 6.92 Å². The van der Waals surface area contributed by atoms with Gasteiger partial charge in [-0.2, -0.15) is 0 Å². The van der Waals surface area contributed by atoms with Gasteiger partial charge in [-0.15, -0.1) is 0 Å². The van der Waals surface area contributed by atoms with Gasteiger partial charge in [-0.1, -0.05) is 42.1 Å². The van der Waals surface area contributed by atoms with Gasteiger partial charge < -0.3 is 5.11 Å². The van der Waals surface area contributed by atoms with Crippen LogP contribution in [0, 0.1) is 5.92 Å². The number of carboxylic acid groups (broad SMARTS) is 1. The minimum absolute atomic E-state index is 0.314. The van der Waals surface area contributed by atoms with Gasteiger partial charge in [0.2, 0.25) is 0 Å². The van der Waals surface area contributed by atoms with Crippen molar-refractivity contribution in [3.05, 3.63) is 0 Å². The molecule has 0 saturated carbocycles. The Bertz CT molecular complexity index is 126. The summed E-state index contributed by atoms with van der Waals surface area (Å²) in [7, 11) is 0. The number of carboxylic acids is 1. The maximum Gasteiger partial charge on any atom is 0.303 e. The van der Waals surface area contributed by atoms with Crippen LogP contribution in [-0.4, -0.2) is 16.4 Å². The molecule has 0 rings (SSSR count). The smallest absolute Gasteiger partial charge is 0.303 e. The second kappa shape index (κ2) is 7.59. The van der Waals surface area contributed by atoms with Gasteiger partial charge in [-0.3, -0.25) is 4.79 Å². The van der Waals surface area contributed by atoms with Crippen LogP contribution in [0.1, 0.15) is 39.0 Å². The molecule has 0 bridgehead atoms. The van der Waals surface area contributed by atoms with E-state index < -0.39 is 5.97 Å². The summed E-state index contributed by atoms with van der Waals surface area (Å²) in [5.74, 6) is -0.346. The summed E-state index contributed by atoms with van der Waals surface area (Å²) in [5.41, 5.74) is 0. The molecule has 0 aliphatic heterocycles. The van der Waals surface area contributed by atoms with Crippen LogP contribution in [0.3, 0.4) is 0 Å². The topological polar surface area (TPSA) is 37.3 Å². The molecule has 0 fully saturated rings. The number of aliphatic carboxylic acids is 1. The molecule has 1 N–H and O–H groups in total. The molecule has 72 valence electrons. The van der Waals surface area contributed by atoms with Gasteiger partial charge in [-0.25, -0.2) is 0 Å². The summed E-state index contributed by atoms with van der Waals surface area (Å²) in [6.07, 6.45) is 4.91. The molecule has 0 heterocycles. The fraction of sp³-hybridized carbons (Fsp3) is 0.889. The van der Waals surface area contributed by atoms with E-state index in [0.29, 0.717) is 12.3 Å². The van der Waals surface area contributed by atoms with E-state index in [2.05, 4.69) is 15.9 Å². The first-order chi connectivity index (χ1) is 5.66. The standard InChI is InChI=1S/C9H17BrO2/c1-8(7-9(11)12)5-3-2-4-6-10/h8H,2-7H2,1H3,(H,11,12). The molecule has 0 amide bonds. The fourth-order valence-corrected chi connectivity index (χ4v) is 1.56. The maximum absolute atomic E-state index is 10.3. The van der Waals surface area contributed by atoms with E-state index in [1.165, 1.54) is 12.8 Å². The fourth-order valence-electron chi connectivity index (χ4n) is 1.16.